The quantitative estimate of drug-likeness (QED) is 0.694. The monoisotopic (exact) mass is 181 g/mol. The molecule has 0 saturated heterocycles. The summed E-state index contributed by atoms with van der Waals surface area (Å²) in [5, 5.41) is 0. The lowest BCUT2D eigenvalue weighted by molar-refractivity contribution is 0.446. The Hall–Kier alpha value is -0.890. The zero-order chi connectivity index (χ0) is 9.52. The maximum Gasteiger partial charge on any atom is 0.0894 e. The normalized spacial score (nSPS) is 12.8. The van der Waals surface area contributed by atoms with Gasteiger partial charge in [-0.1, -0.05) is 30.3 Å². The van der Waals surface area contributed by atoms with E-state index < -0.39 is 0 Å². The van der Waals surface area contributed by atoms with Crippen LogP contribution in [0.5, 0.6) is 0 Å². The van der Waals surface area contributed by atoms with Gasteiger partial charge in [0.15, 0.2) is 0 Å². The summed E-state index contributed by atoms with van der Waals surface area (Å²) in [6, 6.07) is 10.0. The van der Waals surface area contributed by atoms with Crippen LogP contribution in [0.3, 0.4) is 0 Å². The van der Waals surface area contributed by atoms with E-state index in [2.05, 4.69) is 0 Å². The second-order valence-corrected chi connectivity index (χ2v) is 3.20. The summed E-state index contributed by atoms with van der Waals surface area (Å²) in [5.41, 5.74) is 7.05. The van der Waals surface area contributed by atoms with Gasteiger partial charge in [0.1, 0.15) is 0 Å². The molecule has 0 spiro atoms. The summed E-state index contributed by atoms with van der Waals surface area (Å²) < 4.78 is 11.8. The summed E-state index contributed by atoms with van der Waals surface area (Å²) in [5.74, 6) is 0. The Bertz CT molecular complexity index is 223. The molecule has 2 N–H and O–H groups in total. The fourth-order valence-electron chi connectivity index (χ4n) is 1.33. The molecule has 1 aromatic carbocycles. The number of halogens is 1. The molecule has 2 heteroatoms. The van der Waals surface area contributed by atoms with Gasteiger partial charge in [-0.05, 0) is 24.8 Å². The van der Waals surface area contributed by atoms with Crippen LogP contribution in [0, 0.1) is 0 Å². The van der Waals surface area contributed by atoms with Crippen LogP contribution in [-0.4, -0.2) is 6.67 Å². The lowest BCUT2D eigenvalue weighted by Crippen LogP contribution is -2.09. The molecule has 1 nitrogen and oxygen atoms in total. The molecule has 1 unspecified atom stereocenters. The van der Waals surface area contributed by atoms with Crippen molar-refractivity contribution < 1.29 is 4.39 Å². The third-order valence-electron chi connectivity index (χ3n) is 2.13. The largest absolute Gasteiger partial charge is 0.324 e. The molecule has 0 aliphatic heterocycles. The number of benzene rings is 1. The Morgan fingerprint density at radius 1 is 1.15 bits per heavy atom. The van der Waals surface area contributed by atoms with E-state index in [1.807, 2.05) is 30.3 Å². The van der Waals surface area contributed by atoms with E-state index in [1.54, 1.807) is 0 Å². The highest BCUT2D eigenvalue weighted by Gasteiger charge is 2.03. The van der Waals surface area contributed by atoms with Crippen LogP contribution in [0.25, 0.3) is 0 Å². The van der Waals surface area contributed by atoms with E-state index in [0.29, 0.717) is 6.42 Å². The minimum atomic E-state index is -0.235. The van der Waals surface area contributed by atoms with E-state index in [9.17, 15) is 4.39 Å². The maximum atomic E-state index is 11.8. The van der Waals surface area contributed by atoms with Crippen LogP contribution >= 0.6 is 0 Å². The van der Waals surface area contributed by atoms with Crippen LogP contribution in [0.15, 0.2) is 30.3 Å². The van der Waals surface area contributed by atoms with Gasteiger partial charge in [0.05, 0.1) is 6.67 Å². The molecule has 0 radical (unpaired) electrons. The lowest BCUT2D eigenvalue weighted by atomic mass is 10.0. The highest BCUT2D eigenvalue weighted by molar-refractivity contribution is 5.18. The van der Waals surface area contributed by atoms with Crippen molar-refractivity contribution in [2.45, 2.75) is 25.3 Å². The molecular weight excluding hydrogens is 165 g/mol. The second-order valence-electron chi connectivity index (χ2n) is 3.20. The Labute approximate surface area is 78.8 Å². The van der Waals surface area contributed by atoms with E-state index >= 15 is 0 Å². The van der Waals surface area contributed by atoms with Gasteiger partial charge in [0.2, 0.25) is 0 Å². The number of unbranched alkanes of at least 4 members (excludes halogenated alkanes) is 1. The van der Waals surface area contributed by atoms with Gasteiger partial charge >= 0.3 is 0 Å². The molecular formula is C11H16FN. The molecule has 0 bridgehead atoms. The third-order valence-corrected chi connectivity index (χ3v) is 2.13. The predicted molar refractivity (Wildman–Crippen MR) is 53.2 cm³/mol. The van der Waals surface area contributed by atoms with Gasteiger partial charge in [0.25, 0.3) is 0 Å². The first-order valence-corrected chi connectivity index (χ1v) is 4.71. The van der Waals surface area contributed by atoms with Crippen LogP contribution in [-0.2, 0) is 0 Å². The second kappa shape index (κ2) is 5.70. The lowest BCUT2D eigenvalue weighted by Gasteiger charge is -2.10. The molecule has 72 valence electrons. The number of rotatable bonds is 5. The van der Waals surface area contributed by atoms with E-state index in [0.717, 1.165) is 18.4 Å². The van der Waals surface area contributed by atoms with E-state index in [-0.39, 0.29) is 12.7 Å². The first kappa shape index (κ1) is 10.2. The summed E-state index contributed by atoms with van der Waals surface area (Å²) in [7, 11) is 0. The number of nitrogens with two attached hydrogens (primary N) is 1. The summed E-state index contributed by atoms with van der Waals surface area (Å²) in [4.78, 5) is 0. The molecule has 0 saturated carbocycles. The minimum absolute atomic E-state index is 0.0627. The van der Waals surface area contributed by atoms with Crippen molar-refractivity contribution in [2.75, 3.05) is 6.67 Å². The number of hydrogen-bond donors (Lipinski definition) is 1. The molecule has 1 rings (SSSR count). The van der Waals surface area contributed by atoms with E-state index in [4.69, 9.17) is 5.73 Å². The van der Waals surface area contributed by atoms with Crippen LogP contribution in [0.1, 0.15) is 30.9 Å². The average molecular weight is 181 g/mol. The van der Waals surface area contributed by atoms with Crippen molar-refractivity contribution in [1.29, 1.82) is 0 Å². The minimum Gasteiger partial charge on any atom is -0.324 e. The van der Waals surface area contributed by atoms with Gasteiger partial charge in [0, 0.05) is 6.04 Å². The molecule has 1 aromatic rings. The Balaban J connectivity index is 2.35. The first-order chi connectivity index (χ1) is 6.34. The molecule has 0 aliphatic carbocycles. The van der Waals surface area contributed by atoms with E-state index in [1.165, 1.54) is 0 Å². The topological polar surface area (TPSA) is 26.0 Å². The van der Waals surface area contributed by atoms with Gasteiger partial charge in [-0.3, -0.25) is 4.39 Å². The van der Waals surface area contributed by atoms with Gasteiger partial charge in [-0.2, -0.15) is 0 Å². The Morgan fingerprint density at radius 2 is 1.85 bits per heavy atom. The molecule has 0 heterocycles. The standard InChI is InChI=1S/C11H16FN/c12-9-5-4-8-11(13)10-6-2-1-3-7-10/h1-3,6-7,11H,4-5,8-9,13H2. The smallest absolute Gasteiger partial charge is 0.0894 e. The molecule has 13 heavy (non-hydrogen) atoms. The van der Waals surface area contributed by atoms with Gasteiger partial charge < -0.3 is 5.73 Å². The van der Waals surface area contributed by atoms with Gasteiger partial charge in [-0.25, -0.2) is 0 Å². The summed E-state index contributed by atoms with van der Waals surface area (Å²) >= 11 is 0. The number of hydrogen-bond acceptors (Lipinski definition) is 1. The SMILES string of the molecule is NC(CCCCF)c1ccccc1. The zero-order valence-corrected chi connectivity index (χ0v) is 7.75. The maximum absolute atomic E-state index is 11.8. The number of alkyl halides is 1. The Morgan fingerprint density at radius 3 is 2.46 bits per heavy atom. The highest BCUT2D eigenvalue weighted by Crippen LogP contribution is 2.15. The molecule has 1 atom stereocenters. The van der Waals surface area contributed by atoms with Crippen molar-refractivity contribution in [2.24, 2.45) is 5.73 Å². The molecule has 0 fully saturated rings. The highest BCUT2D eigenvalue weighted by atomic mass is 19.1. The molecule has 0 amide bonds. The van der Waals surface area contributed by atoms with Crippen molar-refractivity contribution in [3.63, 3.8) is 0 Å². The molecule has 0 aromatic heterocycles. The van der Waals surface area contributed by atoms with Crippen molar-refractivity contribution in [1.82, 2.24) is 0 Å². The van der Waals surface area contributed by atoms with Crippen molar-refractivity contribution in [3.05, 3.63) is 35.9 Å². The summed E-state index contributed by atoms with van der Waals surface area (Å²) in [6.45, 7) is -0.235. The fraction of sp³-hybridized carbons (Fsp3) is 0.455. The van der Waals surface area contributed by atoms with Crippen LogP contribution in [0.4, 0.5) is 4.39 Å². The predicted octanol–water partition coefficient (Wildman–Crippen LogP) is 2.83. The first-order valence-electron chi connectivity index (χ1n) is 4.71. The van der Waals surface area contributed by atoms with Crippen molar-refractivity contribution in [3.8, 4) is 0 Å². The fourth-order valence-corrected chi connectivity index (χ4v) is 1.33. The zero-order valence-electron chi connectivity index (χ0n) is 7.75. The third kappa shape index (κ3) is 3.55. The molecule has 0 aliphatic rings. The van der Waals surface area contributed by atoms with Crippen LogP contribution < -0.4 is 5.73 Å². The van der Waals surface area contributed by atoms with Gasteiger partial charge in [-0.15, -0.1) is 0 Å². The van der Waals surface area contributed by atoms with Crippen LogP contribution in [0.2, 0.25) is 0 Å². The summed E-state index contributed by atoms with van der Waals surface area (Å²) in [6.07, 6.45) is 2.36. The van der Waals surface area contributed by atoms with Crippen molar-refractivity contribution >= 4 is 0 Å². The average Bonchev–Trinajstić information content (AvgIpc) is 2.19. The Kier molecular flexibility index (Phi) is 4.47.